The molecule has 0 spiro atoms. The average Bonchev–Trinajstić information content (AvgIpc) is 2.29. The molecule has 17 heavy (non-hydrogen) atoms. The number of quaternary nitrogens is 1. The predicted octanol–water partition coefficient (Wildman–Crippen LogP) is 2.56. The summed E-state index contributed by atoms with van der Waals surface area (Å²) in [5, 5.41) is 10.5. The topological polar surface area (TPSA) is 20.2 Å². The number of hydrogen-bond acceptors (Lipinski definition) is 1. The molecule has 2 bridgehead atoms. The van der Waals surface area contributed by atoms with Crippen molar-refractivity contribution in [2.75, 3.05) is 20.1 Å². The maximum absolute atomic E-state index is 10.5. The first kappa shape index (κ1) is 12.0. The van der Waals surface area contributed by atoms with Gasteiger partial charge in [-0.05, 0) is 44.4 Å². The Morgan fingerprint density at radius 3 is 2.41 bits per heavy atom. The highest BCUT2D eigenvalue weighted by Gasteiger charge is 2.48. The van der Waals surface area contributed by atoms with Crippen LogP contribution in [0.1, 0.15) is 51.4 Å². The van der Waals surface area contributed by atoms with Gasteiger partial charge in [-0.15, -0.1) is 0 Å². The number of aliphatic hydroxyl groups excluding tert-OH is 1. The number of fused-ring (bicyclic) bond motifs is 2. The number of piperidine rings is 1. The second-order valence-electron chi connectivity index (χ2n) is 6.98. The zero-order valence-corrected chi connectivity index (χ0v) is 11.3. The largest absolute Gasteiger partial charge is 0.392 e. The van der Waals surface area contributed by atoms with E-state index in [9.17, 15) is 5.11 Å². The van der Waals surface area contributed by atoms with Gasteiger partial charge in [0, 0.05) is 12.3 Å². The van der Waals surface area contributed by atoms with E-state index in [1.54, 1.807) is 0 Å². The molecular formula is C15H28NO+. The molecule has 3 fully saturated rings. The lowest BCUT2D eigenvalue weighted by molar-refractivity contribution is -0.943. The van der Waals surface area contributed by atoms with Crippen LogP contribution in [0.3, 0.4) is 0 Å². The lowest BCUT2D eigenvalue weighted by Crippen LogP contribution is -2.62. The summed E-state index contributed by atoms with van der Waals surface area (Å²) >= 11 is 0. The standard InChI is InChI=1S/C15H28NO/c1-16(10-3-2-4-11-16)14-9-8-12-6-5-7-13(14)15(12)17/h12-15,17H,2-11H2,1H3/q+1/t12-,13-,14-,15-/m1/s1. The quantitative estimate of drug-likeness (QED) is 0.696. The first-order valence-electron chi connectivity index (χ1n) is 7.73. The number of likely N-dealkylation sites (tertiary alicyclic amines) is 1. The molecule has 0 radical (unpaired) electrons. The van der Waals surface area contributed by atoms with E-state index in [2.05, 4.69) is 7.05 Å². The zero-order valence-electron chi connectivity index (χ0n) is 11.3. The highest BCUT2D eigenvalue weighted by molar-refractivity contribution is 4.92. The van der Waals surface area contributed by atoms with Gasteiger partial charge in [-0.25, -0.2) is 0 Å². The second-order valence-corrected chi connectivity index (χ2v) is 6.98. The molecule has 4 atom stereocenters. The Morgan fingerprint density at radius 1 is 0.882 bits per heavy atom. The van der Waals surface area contributed by atoms with Gasteiger partial charge < -0.3 is 9.59 Å². The van der Waals surface area contributed by atoms with E-state index in [1.165, 1.54) is 68.9 Å². The van der Waals surface area contributed by atoms with E-state index < -0.39 is 0 Å². The Balaban J connectivity index is 1.77. The minimum Gasteiger partial charge on any atom is -0.392 e. The van der Waals surface area contributed by atoms with Crippen LogP contribution in [0.5, 0.6) is 0 Å². The summed E-state index contributed by atoms with van der Waals surface area (Å²) in [6, 6.07) is 0.766. The Labute approximate surface area is 106 Å². The lowest BCUT2D eigenvalue weighted by atomic mass is 9.66. The van der Waals surface area contributed by atoms with Crippen LogP contribution >= 0.6 is 0 Å². The molecule has 0 unspecified atom stereocenters. The molecule has 1 N–H and O–H groups in total. The van der Waals surface area contributed by atoms with Gasteiger partial charge in [0.2, 0.25) is 0 Å². The number of aliphatic hydroxyl groups is 1. The summed E-state index contributed by atoms with van der Waals surface area (Å²) in [5.41, 5.74) is 0. The van der Waals surface area contributed by atoms with Crippen LogP contribution in [0.15, 0.2) is 0 Å². The highest BCUT2D eigenvalue weighted by Crippen LogP contribution is 2.44. The second kappa shape index (κ2) is 4.55. The minimum atomic E-state index is 0.0272. The van der Waals surface area contributed by atoms with Crippen molar-refractivity contribution in [3.63, 3.8) is 0 Å². The third-order valence-electron chi connectivity index (χ3n) is 6.00. The molecular weight excluding hydrogens is 210 g/mol. The highest BCUT2D eigenvalue weighted by atomic mass is 16.3. The van der Waals surface area contributed by atoms with E-state index in [-0.39, 0.29) is 6.10 Å². The van der Waals surface area contributed by atoms with Gasteiger partial charge in [0.15, 0.2) is 0 Å². The lowest BCUT2D eigenvalue weighted by Gasteiger charge is -2.53. The van der Waals surface area contributed by atoms with Crippen LogP contribution in [0, 0.1) is 11.8 Å². The molecule has 2 aliphatic carbocycles. The van der Waals surface area contributed by atoms with Crippen molar-refractivity contribution >= 4 is 0 Å². The van der Waals surface area contributed by atoms with Crippen molar-refractivity contribution in [3.05, 3.63) is 0 Å². The predicted molar refractivity (Wildman–Crippen MR) is 69.6 cm³/mol. The molecule has 0 aromatic rings. The summed E-state index contributed by atoms with van der Waals surface area (Å²) in [6.07, 6.45) is 10.9. The van der Waals surface area contributed by atoms with Gasteiger partial charge >= 0.3 is 0 Å². The van der Waals surface area contributed by atoms with Gasteiger partial charge in [0.25, 0.3) is 0 Å². The summed E-state index contributed by atoms with van der Waals surface area (Å²) in [4.78, 5) is 0. The van der Waals surface area contributed by atoms with E-state index in [0.717, 1.165) is 6.04 Å². The summed E-state index contributed by atoms with van der Waals surface area (Å²) in [6.45, 7) is 2.72. The molecule has 2 heteroatoms. The molecule has 0 aromatic carbocycles. The fraction of sp³-hybridized carbons (Fsp3) is 1.00. The molecule has 2 nitrogen and oxygen atoms in total. The van der Waals surface area contributed by atoms with E-state index in [0.29, 0.717) is 11.8 Å². The van der Waals surface area contributed by atoms with Crippen LogP contribution in [0.2, 0.25) is 0 Å². The van der Waals surface area contributed by atoms with Crippen molar-refractivity contribution < 1.29 is 9.59 Å². The first-order chi connectivity index (χ1) is 8.21. The summed E-state index contributed by atoms with van der Waals surface area (Å²) in [5.74, 6) is 1.26. The van der Waals surface area contributed by atoms with Gasteiger partial charge in [-0.2, -0.15) is 0 Å². The van der Waals surface area contributed by atoms with Crippen LogP contribution in [0.25, 0.3) is 0 Å². The normalized spacial score (nSPS) is 45.5. The van der Waals surface area contributed by atoms with Gasteiger partial charge in [-0.3, -0.25) is 0 Å². The van der Waals surface area contributed by atoms with Crippen LogP contribution in [-0.4, -0.2) is 41.9 Å². The minimum absolute atomic E-state index is 0.0272. The number of nitrogens with zero attached hydrogens (tertiary/aromatic N) is 1. The molecule has 0 aromatic heterocycles. The smallest absolute Gasteiger partial charge is 0.0941 e. The van der Waals surface area contributed by atoms with Gasteiger partial charge in [-0.1, -0.05) is 6.42 Å². The molecule has 0 amide bonds. The Bertz CT molecular complexity index is 272. The van der Waals surface area contributed by atoms with Crippen LogP contribution < -0.4 is 0 Å². The van der Waals surface area contributed by atoms with Crippen molar-refractivity contribution in [2.45, 2.75) is 63.5 Å². The van der Waals surface area contributed by atoms with Crippen molar-refractivity contribution in [2.24, 2.45) is 11.8 Å². The van der Waals surface area contributed by atoms with Crippen molar-refractivity contribution in [1.82, 2.24) is 0 Å². The molecule has 98 valence electrons. The monoisotopic (exact) mass is 238 g/mol. The van der Waals surface area contributed by atoms with E-state index in [1.807, 2.05) is 0 Å². The molecule has 2 saturated carbocycles. The first-order valence-corrected chi connectivity index (χ1v) is 7.73. The maximum Gasteiger partial charge on any atom is 0.0941 e. The van der Waals surface area contributed by atoms with Crippen LogP contribution in [0.4, 0.5) is 0 Å². The summed E-state index contributed by atoms with van der Waals surface area (Å²) in [7, 11) is 2.46. The SMILES string of the molecule is C[N+]1([C@@H]2CC[C@H]3CCC[C@H]2[C@@H]3O)CCCCC1. The maximum atomic E-state index is 10.5. The molecule has 1 aliphatic heterocycles. The van der Waals surface area contributed by atoms with Crippen molar-refractivity contribution in [1.29, 1.82) is 0 Å². The third kappa shape index (κ3) is 2.04. The van der Waals surface area contributed by atoms with Gasteiger partial charge in [0.1, 0.15) is 0 Å². The molecule has 3 aliphatic rings. The van der Waals surface area contributed by atoms with E-state index in [4.69, 9.17) is 0 Å². The summed E-state index contributed by atoms with van der Waals surface area (Å²) < 4.78 is 1.27. The molecule has 3 rings (SSSR count). The fourth-order valence-corrected chi connectivity index (χ4v) is 4.98. The fourth-order valence-electron chi connectivity index (χ4n) is 4.98. The van der Waals surface area contributed by atoms with Crippen LogP contribution in [-0.2, 0) is 0 Å². The van der Waals surface area contributed by atoms with Crippen molar-refractivity contribution in [3.8, 4) is 0 Å². The Morgan fingerprint density at radius 2 is 1.65 bits per heavy atom. The number of hydrogen-bond donors (Lipinski definition) is 1. The van der Waals surface area contributed by atoms with E-state index >= 15 is 0 Å². The third-order valence-corrected chi connectivity index (χ3v) is 6.00. The van der Waals surface area contributed by atoms with Gasteiger partial charge in [0.05, 0.1) is 32.3 Å². The zero-order chi connectivity index (χ0) is 11.9. The average molecular weight is 238 g/mol. The number of rotatable bonds is 1. The Hall–Kier alpha value is -0.0800. The molecule has 1 heterocycles. The molecule has 1 saturated heterocycles. The Kier molecular flexibility index (Phi) is 3.20.